The molecule has 1 saturated heterocycles. The molecule has 3 aliphatic rings. The largest absolute Gasteiger partial charge is 0.480 e. The van der Waals surface area contributed by atoms with Crippen LogP contribution in [0.3, 0.4) is 0 Å². The molecule has 2 atom stereocenters. The second-order valence-electron chi connectivity index (χ2n) is 10.9. The van der Waals surface area contributed by atoms with Gasteiger partial charge in [-0.15, -0.1) is 0 Å². The Kier molecular flexibility index (Phi) is 8.39. The summed E-state index contributed by atoms with van der Waals surface area (Å²) in [5.41, 5.74) is 6.70. The monoisotopic (exact) mass is 678 g/mol. The van der Waals surface area contributed by atoms with E-state index in [1.54, 1.807) is 17.8 Å². The van der Waals surface area contributed by atoms with Gasteiger partial charge in [-0.25, -0.2) is 4.79 Å². The summed E-state index contributed by atoms with van der Waals surface area (Å²) < 4.78 is 0.237. The van der Waals surface area contributed by atoms with Gasteiger partial charge in [0.2, 0.25) is 0 Å². The number of rotatable bonds is 7. The first-order valence-corrected chi connectivity index (χ1v) is 16.9. The molecule has 11 heteroatoms. The highest BCUT2D eigenvalue weighted by Crippen LogP contribution is 2.45. The van der Waals surface area contributed by atoms with Crippen LogP contribution in [0.2, 0.25) is 0 Å². The molecule has 1 amide bonds. The van der Waals surface area contributed by atoms with E-state index in [1.165, 1.54) is 14.7 Å². The summed E-state index contributed by atoms with van der Waals surface area (Å²) in [6, 6.07) is 30.4. The topological polar surface area (TPSA) is 93.7 Å². The molecule has 2 unspecified atom stereocenters. The highest BCUT2D eigenvalue weighted by atomic mass is 32.2. The van der Waals surface area contributed by atoms with E-state index in [0.29, 0.717) is 10.0 Å². The maximum Gasteiger partial charge on any atom is 0.327 e. The zero-order valence-corrected chi connectivity index (χ0v) is 27.4. The summed E-state index contributed by atoms with van der Waals surface area (Å²) in [6.45, 7) is 0. The Bertz CT molecular complexity index is 1960. The first-order valence-electron chi connectivity index (χ1n) is 14.4. The van der Waals surface area contributed by atoms with Crippen molar-refractivity contribution in [2.24, 2.45) is 0 Å². The quantitative estimate of drug-likeness (QED) is 0.103. The fraction of sp³-hybridized carbons (Fsp3) is 0.0857. The lowest BCUT2D eigenvalue weighted by molar-refractivity contribution is -0.145. The third-order valence-corrected chi connectivity index (χ3v) is 10.5. The van der Waals surface area contributed by atoms with Gasteiger partial charge in [-0.05, 0) is 70.9 Å². The molecule has 0 aromatic heterocycles. The SMILES string of the molecule is O=C(O)C(Cc1ccccc1)N1C(=O)/C(=C\c2ccc(C3C=C(c4ccc5c(c4)Nc4ccccc4S5)NC(=S)N3)cc2)SC1=S. The van der Waals surface area contributed by atoms with Crippen LogP contribution in [0.4, 0.5) is 11.4 Å². The fourth-order valence-corrected chi connectivity index (χ4v) is 8.09. The fourth-order valence-electron chi connectivity index (χ4n) is 5.53. The van der Waals surface area contributed by atoms with Gasteiger partial charge in [0, 0.05) is 21.9 Å². The standard InChI is InChI=1S/C35H26N4O3S4/c40-32-31(46-35(44)39(32)28(33(41)42)16-20-6-2-1-3-7-20)17-21-10-12-22(13-11-21)25-19-26(38-34(43)37-25)23-14-15-30-27(18-23)36-24-8-4-5-9-29(24)45-30/h1-15,17-19,25,28,36H,16H2,(H,41,42)(H2,37,38,43)/b31-17+. The number of hydrogen-bond donors (Lipinski definition) is 4. The number of aliphatic carboxylic acids is 1. The summed E-state index contributed by atoms with van der Waals surface area (Å²) in [7, 11) is 0. The minimum Gasteiger partial charge on any atom is -0.480 e. The maximum atomic E-state index is 13.4. The molecular weight excluding hydrogens is 653 g/mol. The van der Waals surface area contributed by atoms with E-state index in [4.69, 9.17) is 24.4 Å². The van der Waals surface area contributed by atoms with Gasteiger partial charge in [-0.3, -0.25) is 9.69 Å². The average molecular weight is 679 g/mol. The molecule has 0 aliphatic carbocycles. The van der Waals surface area contributed by atoms with E-state index in [2.05, 4.69) is 52.4 Å². The number of thiocarbonyl (C=S) groups is 2. The molecule has 7 nitrogen and oxygen atoms in total. The summed E-state index contributed by atoms with van der Waals surface area (Å²) in [6.07, 6.45) is 4.03. The number of fused-ring (bicyclic) bond motifs is 2. The third-order valence-electron chi connectivity index (χ3n) is 7.82. The number of carbonyl (C=O) groups is 2. The first-order chi connectivity index (χ1) is 22.3. The highest BCUT2D eigenvalue weighted by molar-refractivity contribution is 8.26. The second-order valence-corrected chi connectivity index (χ2v) is 14.0. The molecule has 0 bridgehead atoms. The smallest absolute Gasteiger partial charge is 0.327 e. The number of benzene rings is 4. The van der Waals surface area contributed by atoms with Crippen LogP contribution < -0.4 is 16.0 Å². The van der Waals surface area contributed by atoms with Gasteiger partial charge in [0.15, 0.2) is 5.11 Å². The number of carbonyl (C=O) groups excluding carboxylic acids is 1. The number of carboxylic acids is 1. The minimum atomic E-state index is -1.10. The zero-order valence-electron chi connectivity index (χ0n) is 24.1. The number of thioether (sulfide) groups is 1. The Morgan fingerprint density at radius 3 is 2.41 bits per heavy atom. The van der Waals surface area contributed by atoms with Crippen molar-refractivity contribution in [2.75, 3.05) is 5.32 Å². The van der Waals surface area contributed by atoms with Crippen molar-refractivity contribution in [3.63, 3.8) is 0 Å². The van der Waals surface area contributed by atoms with E-state index in [-0.39, 0.29) is 16.8 Å². The molecular formula is C35H26N4O3S4. The molecule has 4 N–H and O–H groups in total. The van der Waals surface area contributed by atoms with Gasteiger partial charge in [0.05, 0.1) is 22.3 Å². The van der Waals surface area contributed by atoms with Crippen molar-refractivity contribution in [3.8, 4) is 0 Å². The molecule has 4 aromatic rings. The highest BCUT2D eigenvalue weighted by Gasteiger charge is 2.40. The lowest BCUT2D eigenvalue weighted by Crippen LogP contribution is -2.45. The normalized spacial score (nSPS) is 18.6. The van der Waals surface area contributed by atoms with Gasteiger partial charge in [0.1, 0.15) is 10.4 Å². The summed E-state index contributed by atoms with van der Waals surface area (Å²) in [5, 5.41) is 20.7. The molecule has 7 rings (SSSR count). The number of carboxylic acid groups (broad SMARTS) is 1. The van der Waals surface area contributed by atoms with Gasteiger partial charge in [0.25, 0.3) is 5.91 Å². The van der Waals surface area contributed by atoms with Crippen LogP contribution in [0.1, 0.15) is 28.3 Å². The third kappa shape index (κ3) is 6.19. The van der Waals surface area contributed by atoms with Gasteiger partial charge < -0.3 is 21.1 Å². The Balaban J connectivity index is 1.08. The molecule has 0 spiro atoms. The van der Waals surface area contributed by atoms with Crippen molar-refractivity contribution >= 4 is 92.4 Å². The number of para-hydroxylation sites is 1. The summed E-state index contributed by atoms with van der Waals surface area (Å²) in [5.74, 6) is -1.50. The van der Waals surface area contributed by atoms with Crippen LogP contribution in [0.25, 0.3) is 11.8 Å². The summed E-state index contributed by atoms with van der Waals surface area (Å²) in [4.78, 5) is 29.5. The van der Waals surface area contributed by atoms with Crippen molar-refractivity contribution in [3.05, 3.63) is 130 Å². The number of amides is 1. The van der Waals surface area contributed by atoms with Crippen molar-refractivity contribution in [1.29, 1.82) is 0 Å². The van der Waals surface area contributed by atoms with Crippen LogP contribution in [-0.4, -0.2) is 37.4 Å². The van der Waals surface area contributed by atoms with Gasteiger partial charge >= 0.3 is 5.97 Å². The van der Waals surface area contributed by atoms with Crippen LogP contribution in [-0.2, 0) is 16.0 Å². The van der Waals surface area contributed by atoms with Crippen LogP contribution >= 0.6 is 48.0 Å². The molecule has 0 radical (unpaired) electrons. The predicted molar refractivity (Wildman–Crippen MR) is 193 cm³/mol. The molecule has 46 heavy (non-hydrogen) atoms. The Hall–Kier alpha value is -4.42. The molecule has 3 heterocycles. The molecule has 4 aromatic carbocycles. The molecule has 0 saturated carbocycles. The molecule has 1 fully saturated rings. The summed E-state index contributed by atoms with van der Waals surface area (Å²) >= 11 is 13.9. The average Bonchev–Trinajstić information content (AvgIpc) is 3.34. The Morgan fingerprint density at radius 2 is 1.63 bits per heavy atom. The molecule has 228 valence electrons. The number of nitrogens with zero attached hydrogens (tertiary/aromatic N) is 1. The van der Waals surface area contributed by atoms with E-state index in [1.807, 2.05) is 66.7 Å². The lowest BCUT2D eigenvalue weighted by Gasteiger charge is -2.27. The Labute approximate surface area is 285 Å². The number of nitrogens with one attached hydrogen (secondary N) is 3. The van der Waals surface area contributed by atoms with Crippen molar-refractivity contribution < 1.29 is 14.7 Å². The number of anilines is 2. The zero-order chi connectivity index (χ0) is 31.8. The van der Waals surface area contributed by atoms with E-state index in [0.717, 1.165) is 51.1 Å². The first kappa shape index (κ1) is 30.2. The maximum absolute atomic E-state index is 13.4. The second kappa shape index (κ2) is 12.8. The van der Waals surface area contributed by atoms with Crippen molar-refractivity contribution in [2.45, 2.75) is 28.3 Å². The Morgan fingerprint density at radius 1 is 0.891 bits per heavy atom. The van der Waals surface area contributed by atoms with E-state index >= 15 is 0 Å². The molecule has 3 aliphatic heterocycles. The van der Waals surface area contributed by atoms with E-state index in [9.17, 15) is 14.7 Å². The van der Waals surface area contributed by atoms with Crippen LogP contribution in [0.15, 0.2) is 118 Å². The number of hydrogen-bond acceptors (Lipinski definition) is 7. The lowest BCUT2D eigenvalue weighted by atomic mass is 10.00. The van der Waals surface area contributed by atoms with Crippen LogP contribution in [0.5, 0.6) is 0 Å². The van der Waals surface area contributed by atoms with Crippen LogP contribution in [0, 0.1) is 0 Å². The predicted octanol–water partition coefficient (Wildman–Crippen LogP) is 7.35. The van der Waals surface area contributed by atoms with Crippen molar-refractivity contribution in [1.82, 2.24) is 15.5 Å². The van der Waals surface area contributed by atoms with Gasteiger partial charge in [-0.2, -0.15) is 0 Å². The van der Waals surface area contributed by atoms with E-state index < -0.39 is 17.9 Å². The minimum absolute atomic E-state index is 0.163. The van der Waals surface area contributed by atoms with Gasteiger partial charge in [-0.1, -0.05) is 109 Å².